The third kappa shape index (κ3) is 2.06. The van der Waals surface area contributed by atoms with Crippen LogP contribution in [0, 0.1) is 5.82 Å². The molecule has 2 nitrogen and oxygen atoms in total. The van der Waals surface area contributed by atoms with Crippen LogP contribution in [0.15, 0.2) is 12.1 Å². The molecule has 0 aliphatic heterocycles. The fraction of sp³-hybridized carbons (Fsp3) is 0.500. The van der Waals surface area contributed by atoms with E-state index in [1.165, 1.54) is 0 Å². The molecule has 0 unspecified atom stereocenters. The minimum absolute atomic E-state index is 0.196. The summed E-state index contributed by atoms with van der Waals surface area (Å²) in [6.45, 7) is 10.1. The van der Waals surface area contributed by atoms with Crippen LogP contribution in [0.25, 0.3) is 11.0 Å². The van der Waals surface area contributed by atoms with Gasteiger partial charge in [0.2, 0.25) is 0 Å². The maximum absolute atomic E-state index is 14.4. The van der Waals surface area contributed by atoms with Crippen LogP contribution < -0.4 is 0 Å². The first-order chi connectivity index (χ1) is 7.80. The zero-order valence-electron chi connectivity index (χ0n) is 11.1. The molecule has 0 bridgehead atoms. The van der Waals surface area contributed by atoms with Gasteiger partial charge in [-0.15, -0.1) is 0 Å². The molecule has 3 heteroatoms. The molecular weight excluding hydrogens is 215 g/mol. The van der Waals surface area contributed by atoms with Crippen LogP contribution >= 0.6 is 0 Å². The molecule has 0 spiro atoms. The van der Waals surface area contributed by atoms with E-state index < -0.39 is 0 Å². The highest BCUT2D eigenvalue weighted by molar-refractivity contribution is 5.77. The van der Waals surface area contributed by atoms with Crippen molar-refractivity contribution in [2.45, 2.75) is 46.0 Å². The standard InChI is InChI=1S/C14H19FN2/c1-8(2)13-16-10-7-6-9(14(3,4)5)11(15)12(10)17-13/h6-8H,1-5H3,(H,16,17). The molecule has 2 aromatic rings. The molecule has 0 amide bonds. The predicted octanol–water partition coefficient (Wildman–Crippen LogP) is 4.12. The van der Waals surface area contributed by atoms with E-state index in [1.54, 1.807) is 0 Å². The molecule has 2 rings (SSSR count). The largest absolute Gasteiger partial charge is 0.342 e. The Morgan fingerprint density at radius 1 is 1.24 bits per heavy atom. The zero-order valence-corrected chi connectivity index (χ0v) is 11.1. The molecule has 1 heterocycles. The maximum Gasteiger partial charge on any atom is 0.154 e. The van der Waals surface area contributed by atoms with Gasteiger partial charge in [0.25, 0.3) is 0 Å². The number of imidazole rings is 1. The number of aromatic amines is 1. The molecule has 0 saturated carbocycles. The van der Waals surface area contributed by atoms with E-state index in [0.717, 1.165) is 11.3 Å². The van der Waals surface area contributed by atoms with E-state index >= 15 is 0 Å². The number of halogens is 1. The predicted molar refractivity (Wildman–Crippen MR) is 68.8 cm³/mol. The minimum atomic E-state index is -0.199. The fourth-order valence-electron chi connectivity index (χ4n) is 1.91. The SMILES string of the molecule is CC(C)c1nc2c(F)c(C(C)(C)C)ccc2[nH]1. The number of aromatic nitrogens is 2. The van der Waals surface area contributed by atoms with Gasteiger partial charge in [-0.2, -0.15) is 0 Å². The number of nitrogens with one attached hydrogen (secondary N) is 1. The van der Waals surface area contributed by atoms with E-state index in [-0.39, 0.29) is 17.2 Å². The van der Waals surface area contributed by atoms with E-state index in [1.807, 2.05) is 46.8 Å². The average Bonchev–Trinajstić information content (AvgIpc) is 2.60. The Labute approximate surface area is 101 Å². The van der Waals surface area contributed by atoms with Gasteiger partial charge in [-0.3, -0.25) is 0 Å². The Morgan fingerprint density at radius 3 is 2.41 bits per heavy atom. The Balaban J connectivity index is 2.67. The molecular formula is C14H19FN2. The summed E-state index contributed by atoms with van der Waals surface area (Å²) >= 11 is 0. The Bertz CT molecular complexity index is 547. The lowest BCUT2D eigenvalue weighted by atomic mass is 9.86. The Kier molecular flexibility index (Phi) is 2.72. The molecule has 1 N–H and O–H groups in total. The Hall–Kier alpha value is -1.38. The van der Waals surface area contributed by atoms with E-state index in [2.05, 4.69) is 9.97 Å². The maximum atomic E-state index is 14.4. The van der Waals surface area contributed by atoms with Gasteiger partial charge in [0, 0.05) is 5.92 Å². The summed E-state index contributed by atoms with van der Waals surface area (Å²) in [6, 6.07) is 3.76. The van der Waals surface area contributed by atoms with Crippen LogP contribution in [0.3, 0.4) is 0 Å². The van der Waals surface area contributed by atoms with Crippen LogP contribution in [-0.4, -0.2) is 9.97 Å². The molecule has 0 atom stereocenters. The smallest absolute Gasteiger partial charge is 0.154 e. The van der Waals surface area contributed by atoms with Crippen molar-refractivity contribution in [1.29, 1.82) is 0 Å². The highest BCUT2D eigenvalue weighted by Crippen LogP contribution is 2.29. The van der Waals surface area contributed by atoms with Gasteiger partial charge in [-0.05, 0) is 17.0 Å². The fourth-order valence-corrected chi connectivity index (χ4v) is 1.91. The lowest BCUT2D eigenvalue weighted by Crippen LogP contribution is -2.13. The second-order valence-corrected chi connectivity index (χ2v) is 5.85. The summed E-state index contributed by atoms with van der Waals surface area (Å²) in [6.07, 6.45) is 0. The number of H-pyrrole nitrogens is 1. The summed E-state index contributed by atoms with van der Waals surface area (Å²) < 4.78 is 14.4. The van der Waals surface area contributed by atoms with Crippen LogP contribution in [-0.2, 0) is 5.41 Å². The van der Waals surface area contributed by atoms with Gasteiger partial charge in [-0.1, -0.05) is 40.7 Å². The first kappa shape index (κ1) is 12.1. The van der Waals surface area contributed by atoms with Crippen molar-refractivity contribution in [2.24, 2.45) is 0 Å². The monoisotopic (exact) mass is 234 g/mol. The summed E-state index contributed by atoms with van der Waals surface area (Å²) in [5, 5.41) is 0. The average molecular weight is 234 g/mol. The van der Waals surface area contributed by atoms with Gasteiger partial charge in [0.15, 0.2) is 5.82 Å². The topological polar surface area (TPSA) is 28.7 Å². The molecule has 17 heavy (non-hydrogen) atoms. The van der Waals surface area contributed by atoms with Crippen LogP contribution in [0.5, 0.6) is 0 Å². The number of nitrogens with zero attached hydrogens (tertiary/aromatic N) is 1. The van der Waals surface area contributed by atoms with Gasteiger partial charge >= 0.3 is 0 Å². The number of benzene rings is 1. The van der Waals surface area contributed by atoms with E-state index in [0.29, 0.717) is 11.1 Å². The van der Waals surface area contributed by atoms with Crippen molar-refractivity contribution in [1.82, 2.24) is 9.97 Å². The molecule has 1 aromatic heterocycles. The van der Waals surface area contributed by atoms with Crippen molar-refractivity contribution in [3.05, 3.63) is 29.3 Å². The molecule has 0 aliphatic rings. The summed E-state index contributed by atoms with van der Waals surface area (Å²) in [7, 11) is 0. The molecule has 92 valence electrons. The molecule has 0 saturated heterocycles. The molecule has 0 aliphatic carbocycles. The second-order valence-electron chi connectivity index (χ2n) is 5.85. The molecule has 0 fully saturated rings. The van der Waals surface area contributed by atoms with Crippen LogP contribution in [0.1, 0.15) is 51.9 Å². The third-order valence-corrected chi connectivity index (χ3v) is 2.97. The number of hydrogen-bond acceptors (Lipinski definition) is 1. The number of hydrogen-bond donors (Lipinski definition) is 1. The highest BCUT2D eigenvalue weighted by atomic mass is 19.1. The van der Waals surface area contributed by atoms with Gasteiger partial charge in [0.05, 0.1) is 5.52 Å². The second kappa shape index (κ2) is 3.83. The summed E-state index contributed by atoms with van der Waals surface area (Å²) in [5.41, 5.74) is 1.75. The first-order valence-corrected chi connectivity index (χ1v) is 5.99. The Morgan fingerprint density at radius 2 is 1.88 bits per heavy atom. The third-order valence-electron chi connectivity index (χ3n) is 2.97. The lowest BCUT2D eigenvalue weighted by Gasteiger charge is -2.19. The lowest BCUT2D eigenvalue weighted by molar-refractivity contribution is 0.528. The number of fused-ring (bicyclic) bond motifs is 1. The van der Waals surface area contributed by atoms with Crippen molar-refractivity contribution >= 4 is 11.0 Å². The molecule has 1 aromatic carbocycles. The van der Waals surface area contributed by atoms with Crippen LogP contribution in [0.4, 0.5) is 4.39 Å². The molecule has 0 radical (unpaired) electrons. The van der Waals surface area contributed by atoms with Crippen molar-refractivity contribution in [2.75, 3.05) is 0 Å². The van der Waals surface area contributed by atoms with Crippen molar-refractivity contribution in [3.63, 3.8) is 0 Å². The van der Waals surface area contributed by atoms with Gasteiger partial charge < -0.3 is 4.98 Å². The minimum Gasteiger partial charge on any atom is -0.342 e. The zero-order chi connectivity index (χ0) is 12.8. The van der Waals surface area contributed by atoms with Gasteiger partial charge in [-0.25, -0.2) is 9.37 Å². The number of rotatable bonds is 1. The normalized spacial score (nSPS) is 12.6. The van der Waals surface area contributed by atoms with E-state index in [9.17, 15) is 4.39 Å². The first-order valence-electron chi connectivity index (χ1n) is 5.99. The van der Waals surface area contributed by atoms with Crippen molar-refractivity contribution < 1.29 is 4.39 Å². The quantitative estimate of drug-likeness (QED) is 0.789. The van der Waals surface area contributed by atoms with Gasteiger partial charge in [0.1, 0.15) is 11.3 Å². The van der Waals surface area contributed by atoms with E-state index in [4.69, 9.17) is 0 Å². The highest BCUT2D eigenvalue weighted by Gasteiger charge is 2.21. The summed E-state index contributed by atoms with van der Waals surface area (Å²) in [4.78, 5) is 7.52. The van der Waals surface area contributed by atoms with Crippen molar-refractivity contribution in [3.8, 4) is 0 Å². The summed E-state index contributed by atoms with van der Waals surface area (Å²) in [5.74, 6) is 0.919. The van der Waals surface area contributed by atoms with Crippen LogP contribution in [0.2, 0.25) is 0 Å².